The number of carbonyl (C=O) groups excluding carboxylic acids is 2. The van der Waals surface area contributed by atoms with E-state index in [0.29, 0.717) is 6.54 Å². The minimum Gasteiger partial charge on any atom is -0.358 e. The van der Waals surface area contributed by atoms with E-state index in [1.807, 2.05) is 6.07 Å². The summed E-state index contributed by atoms with van der Waals surface area (Å²) in [5.41, 5.74) is 1.21. The molecule has 2 amide bonds. The summed E-state index contributed by atoms with van der Waals surface area (Å²) in [5, 5.41) is 5.77. The summed E-state index contributed by atoms with van der Waals surface area (Å²) in [6, 6.07) is 2.19. The molecule has 2 N–H and O–H groups in total. The van der Waals surface area contributed by atoms with Crippen LogP contribution in [0.15, 0.2) is 6.07 Å². The lowest BCUT2D eigenvalue weighted by Gasteiger charge is -2.31. The first-order valence-corrected chi connectivity index (χ1v) is 8.68. The van der Waals surface area contributed by atoms with Crippen molar-refractivity contribution in [2.45, 2.75) is 39.2 Å². The van der Waals surface area contributed by atoms with Crippen LogP contribution in [0, 0.1) is 6.92 Å². The molecule has 0 saturated carbocycles. The third-order valence-electron chi connectivity index (χ3n) is 4.13. The van der Waals surface area contributed by atoms with E-state index >= 15 is 0 Å². The number of nitrogens with one attached hydrogen (secondary N) is 2. The Balaban J connectivity index is 1.82. The maximum atomic E-state index is 12.3. The van der Waals surface area contributed by atoms with Crippen molar-refractivity contribution in [2.75, 3.05) is 26.7 Å². The van der Waals surface area contributed by atoms with E-state index in [2.05, 4.69) is 29.4 Å². The van der Waals surface area contributed by atoms with Crippen LogP contribution in [0.3, 0.4) is 0 Å². The number of piperidine rings is 1. The topological polar surface area (TPSA) is 61.4 Å². The Kier molecular flexibility index (Phi) is 5.97. The molecule has 0 bridgehead atoms. The van der Waals surface area contributed by atoms with Crippen LogP contribution in [0.25, 0.3) is 0 Å². The monoisotopic (exact) mass is 323 g/mol. The van der Waals surface area contributed by atoms with Crippen LogP contribution in [-0.2, 0) is 11.2 Å². The molecule has 1 aromatic heterocycles. The van der Waals surface area contributed by atoms with Crippen molar-refractivity contribution in [3.05, 3.63) is 21.4 Å². The number of aryl methyl sites for hydroxylation is 2. The molecule has 0 atom stereocenters. The summed E-state index contributed by atoms with van der Waals surface area (Å²) in [5.74, 6) is 0.0844. The first kappa shape index (κ1) is 17.0. The van der Waals surface area contributed by atoms with Crippen molar-refractivity contribution < 1.29 is 9.59 Å². The molecule has 122 valence electrons. The van der Waals surface area contributed by atoms with E-state index in [1.165, 1.54) is 10.4 Å². The Bertz CT molecular complexity index is 533. The maximum absolute atomic E-state index is 12.3. The Labute approximate surface area is 136 Å². The smallest absolute Gasteiger partial charge is 0.261 e. The summed E-state index contributed by atoms with van der Waals surface area (Å²) < 4.78 is 0. The van der Waals surface area contributed by atoms with Gasteiger partial charge >= 0.3 is 0 Å². The van der Waals surface area contributed by atoms with Gasteiger partial charge in [0.05, 0.1) is 11.4 Å². The highest BCUT2D eigenvalue weighted by atomic mass is 32.1. The van der Waals surface area contributed by atoms with E-state index in [9.17, 15) is 9.59 Å². The first-order chi connectivity index (χ1) is 10.5. The van der Waals surface area contributed by atoms with Gasteiger partial charge in [0.15, 0.2) is 0 Å². The highest BCUT2D eigenvalue weighted by molar-refractivity contribution is 7.14. The first-order valence-electron chi connectivity index (χ1n) is 7.86. The van der Waals surface area contributed by atoms with Crippen molar-refractivity contribution in [1.29, 1.82) is 0 Å². The van der Waals surface area contributed by atoms with Gasteiger partial charge in [-0.05, 0) is 37.8 Å². The number of likely N-dealkylation sites (tertiary alicyclic amines) is 1. The number of hydrogen-bond acceptors (Lipinski definition) is 4. The molecule has 0 unspecified atom stereocenters. The van der Waals surface area contributed by atoms with Gasteiger partial charge in [0.2, 0.25) is 5.91 Å². The lowest BCUT2D eigenvalue weighted by molar-refractivity contribution is -0.122. The largest absolute Gasteiger partial charge is 0.358 e. The minimum absolute atomic E-state index is 0.0394. The maximum Gasteiger partial charge on any atom is 0.261 e. The summed E-state index contributed by atoms with van der Waals surface area (Å²) in [4.78, 5) is 27.9. The lowest BCUT2D eigenvalue weighted by Crippen LogP contribution is -2.47. The molecule has 0 aliphatic carbocycles. The van der Waals surface area contributed by atoms with E-state index < -0.39 is 0 Å². The molecule has 1 aliphatic heterocycles. The second-order valence-corrected chi connectivity index (χ2v) is 6.90. The van der Waals surface area contributed by atoms with E-state index in [0.717, 1.165) is 37.2 Å². The van der Waals surface area contributed by atoms with Crippen LogP contribution in [0.1, 0.15) is 39.9 Å². The normalized spacial score (nSPS) is 16.5. The van der Waals surface area contributed by atoms with Gasteiger partial charge in [-0.15, -0.1) is 11.3 Å². The Morgan fingerprint density at radius 1 is 1.36 bits per heavy atom. The molecule has 1 saturated heterocycles. The van der Waals surface area contributed by atoms with Gasteiger partial charge in [-0.1, -0.05) is 6.92 Å². The zero-order valence-corrected chi connectivity index (χ0v) is 14.4. The van der Waals surface area contributed by atoms with Crippen LogP contribution >= 0.6 is 11.3 Å². The third-order valence-corrected chi connectivity index (χ3v) is 5.51. The van der Waals surface area contributed by atoms with E-state index in [4.69, 9.17) is 0 Å². The number of rotatable bonds is 5. The number of thiophene rings is 1. The fraction of sp³-hybridized carbons (Fsp3) is 0.625. The molecule has 0 aromatic carbocycles. The quantitative estimate of drug-likeness (QED) is 0.864. The molecule has 5 nitrogen and oxygen atoms in total. The third kappa shape index (κ3) is 4.30. The zero-order valence-electron chi connectivity index (χ0n) is 13.6. The number of likely N-dealkylation sites (N-methyl/N-ethyl adjacent to an activating group) is 1. The number of hydrogen-bond donors (Lipinski definition) is 2. The molecule has 0 radical (unpaired) electrons. The summed E-state index contributed by atoms with van der Waals surface area (Å²) in [6.07, 6.45) is 2.77. The Morgan fingerprint density at radius 2 is 2.05 bits per heavy atom. The molecule has 2 heterocycles. The number of amides is 2. The summed E-state index contributed by atoms with van der Waals surface area (Å²) in [6.45, 7) is 6.32. The molecule has 22 heavy (non-hydrogen) atoms. The highest BCUT2D eigenvalue weighted by Gasteiger charge is 2.23. The molecule has 2 rings (SSSR count). The summed E-state index contributed by atoms with van der Waals surface area (Å²) in [7, 11) is 1.66. The van der Waals surface area contributed by atoms with Crippen molar-refractivity contribution in [2.24, 2.45) is 0 Å². The highest BCUT2D eigenvalue weighted by Crippen LogP contribution is 2.22. The Morgan fingerprint density at radius 3 is 2.59 bits per heavy atom. The van der Waals surface area contributed by atoms with Gasteiger partial charge in [-0.25, -0.2) is 0 Å². The van der Waals surface area contributed by atoms with E-state index in [-0.39, 0.29) is 17.9 Å². The predicted molar refractivity (Wildman–Crippen MR) is 89.4 cm³/mol. The molecular formula is C16H25N3O2S. The van der Waals surface area contributed by atoms with Gasteiger partial charge in [0, 0.05) is 31.1 Å². The molecular weight excluding hydrogens is 298 g/mol. The van der Waals surface area contributed by atoms with Crippen LogP contribution in [0.4, 0.5) is 0 Å². The van der Waals surface area contributed by atoms with Gasteiger partial charge < -0.3 is 10.6 Å². The predicted octanol–water partition coefficient (Wildman–Crippen LogP) is 1.56. The van der Waals surface area contributed by atoms with Gasteiger partial charge in [0.25, 0.3) is 5.91 Å². The minimum atomic E-state index is 0.0394. The van der Waals surface area contributed by atoms with Crippen LogP contribution < -0.4 is 10.6 Å². The molecule has 1 aliphatic rings. The molecule has 6 heteroatoms. The van der Waals surface area contributed by atoms with Gasteiger partial charge in [-0.2, -0.15) is 0 Å². The second-order valence-electron chi connectivity index (χ2n) is 5.77. The average Bonchev–Trinajstić information content (AvgIpc) is 2.90. The van der Waals surface area contributed by atoms with Crippen molar-refractivity contribution in [3.63, 3.8) is 0 Å². The van der Waals surface area contributed by atoms with Crippen LogP contribution in [0.2, 0.25) is 0 Å². The second kappa shape index (κ2) is 7.74. The zero-order chi connectivity index (χ0) is 16.1. The molecule has 1 fully saturated rings. The van der Waals surface area contributed by atoms with Crippen molar-refractivity contribution in [1.82, 2.24) is 15.5 Å². The van der Waals surface area contributed by atoms with Gasteiger partial charge in [-0.3, -0.25) is 14.5 Å². The molecule has 1 aromatic rings. The lowest BCUT2D eigenvalue weighted by atomic mass is 10.0. The van der Waals surface area contributed by atoms with Crippen LogP contribution in [0.5, 0.6) is 0 Å². The number of nitrogens with zero attached hydrogens (tertiary/aromatic N) is 1. The average molecular weight is 323 g/mol. The summed E-state index contributed by atoms with van der Waals surface area (Å²) >= 11 is 1.59. The van der Waals surface area contributed by atoms with E-state index in [1.54, 1.807) is 18.4 Å². The van der Waals surface area contributed by atoms with Crippen LogP contribution in [-0.4, -0.2) is 49.4 Å². The standard InChI is InChI=1S/C16H25N3O2S/c1-4-13-11(2)9-14(22-13)16(21)18-12-5-7-19(8-6-12)10-15(20)17-3/h9,12H,4-8,10H2,1-3H3,(H,17,20)(H,18,21). The Hall–Kier alpha value is -1.40. The van der Waals surface area contributed by atoms with Gasteiger partial charge in [0.1, 0.15) is 0 Å². The van der Waals surface area contributed by atoms with Crippen molar-refractivity contribution >= 4 is 23.2 Å². The fourth-order valence-electron chi connectivity index (χ4n) is 2.76. The number of carbonyl (C=O) groups is 2. The van der Waals surface area contributed by atoms with Crippen molar-refractivity contribution in [3.8, 4) is 0 Å². The SMILES string of the molecule is CCc1sc(C(=O)NC2CCN(CC(=O)NC)CC2)cc1C. The fourth-order valence-corrected chi connectivity index (χ4v) is 3.77. The molecule has 0 spiro atoms.